The Balaban J connectivity index is 2.30. The first-order valence-electron chi connectivity index (χ1n) is 16.7. The largest absolute Gasteiger partial charge is 0.508 e. The molecule has 0 heterocycles. The lowest BCUT2D eigenvalue weighted by Gasteiger charge is -2.28. The summed E-state index contributed by atoms with van der Waals surface area (Å²) in [5.41, 5.74) is 0.532. The molecule has 0 aliphatic rings. The van der Waals surface area contributed by atoms with Crippen molar-refractivity contribution in [3.63, 3.8) is 0 Å². The molecule has 2 aromatic rings. The summed E-state index contributed by atoms with van der Waals surface area (Å²) in [5.74, 6) is -2.20. The van der Waals surface area contributed by atoms with Gasteiger partial charge in [0.1, 0.15) is 29.5 Å². The zero-order valence-electron chi connectivity index (χ0n) is 29.9. The fourth-order valence-electron chi connectivity index (χ4n) is 4.71. The van der Waals surface area contributed by atoms with Gasteiger partial charge in [0.25, 0.3) is 0 Å². The minimum absolute atomic E-state index is 0.000194. The third-order valence-electron chi connectivity index (χ3n) is 7.40. The predicted octanol–water partition coefficient (Wildman–Crippen LogP) is 3.00. The average molecular weight is 717 g/mol. The Bertz CT molecular complexity index is 1430. The highest BCUT2D eigenvalue weighted by Gasteiger charge is 2.32. The van der Waals surface area contributed by atoms with E-state index in [1.807, 2.05) is 25.1 Å². The Morgan fingerprint density at radius 3 is 2.04 bits per heavy atom. The third kappa shape index (κ3) is 16.3. The Morgan fingerprint density at radius 1 is 0.860 bits per heavy atom. The van der Waals surface area contributed by atoms with Crippen LogP contribution in [0.2, 0.25) is 0 Å². The average Bonchev–Trinajstić information content (AvgIpc) is 3.05. The molecule has 4 amide bonds. The van der Waals surface area contributed by atoms with Crippen LogP contribution in [0, 0.1) is 0 Å². The summed E-state index contributed by atoms with van der Waals surface area (Å²) in [6.45, 7) is 7.38. The Kier molecular flexibility index (Phi) is 17.4. The van der Waals surface area contributed by atoms with Gasteiger partial charge in [-0.3, -0.25) is 23.4 Å². The van der Waals surface area contributed by atoms with Gasteiger partial charge in [-0.2, -0.15) is 0 Å². The smallest absolute Gasteiger partial charge is 0.408 e. The summed E-state index contributed by atoms with van der Waals surface area (Å²) in [4.78, 5) is 67.5. The van der Waals surface area contributed by atoms with Crippen molar-refractivity contribution in [2.75, 3.05) is 32.2 Å². The maximum Gasteiger partial charge on any atom is 0.408 e. The zero-order valence-corrected chi connectivity index (χ0v) is 30.7. The number of ether oxygens (including phenoxy) is 2. The number of alkyl carbamates (subject to hydrolysis) is 1. The lowest BCUT2D eigenvalue weighted by Crippen LogP contribution is -2.58. The predicted molar refractivity (Wildman–Crippen MR) is 191 cm³/mol. The highest BCUT2D eigenvalue weighted by Crippen LogP contribution is 2.14. The van der Waals surface area contributed by atoms with E-state index in [2.05, 4.69) is 16.0 Å². The third-order valence-corrected chi connectivity index (χ3v) is 8.21. The number of benzene rings is 2. The normalized spacial score (nSPS) is 13.6. The van der Waals surface area contributed by atoms with E-state index in [0.717, 1.165) is 18.4 Å². The van der Waals surface area contributed by atoms with Crippen molar-refractivity contribution < 1.29 is 42.8 Å². The number of aromatic hydroxyl groups is 1. The van der Waals surface area contributed by atoms with Crippen molar-refractivity contribution in [1.82, 2.24) is 20.9 Å². The van der Waals surface area contributed by atoms with E-state index in [4.69, 9.17) is 9.47 Å². The molecule has 0 aliphatic heterocycles. The summed E-state index contributed by atoms with van der Waals surface area (Å²) in [6, 6.07) is 11.7. The standard InChI is InChI=1S/C36H52N4O9S/c1-7-8-21-48-31(42)18-20-40(5)34(45)30(24-25-12-10-9-11-13-25)38-32(43)28(19-22-50(6)47)37-33(44)29(39-35(46)49-36(2,3)4)23-26-14-16-27(41)17-15-26/h9-17,28-30,41H,7-8,18-24H2,1-6H3,(H,37,44)(H,38,43)(H,39,46)/t28-,29+,30+,50?/m1/s1. The molecule has 0 fully saturated rings. The van der Waals surface area contributed by atoms with E-state index in [-0.39, 0.29) is 43.7 Å². The second-order valence-corrected chi connectivity index (χ2v) is 14.6. The van der Waals surface area contributed by atoms with E-state index < -0.39 is 64.3 Å². The van der Waals surface area contributed by atoms with Crippen LogP contribution in [0.25, 0.3) is 0 Å². The summed E-state index contributed by atoms with van der Waals surface area (Å²) in [6.07, 6.45) is 2.32. The zero-order chi connectivity index (χ0) is 37.3. The lowest BCUT2D eigenvalue weighted by molar-refractivity contribution is -0.145. The maximum absolute atomic E-state index is 13.9. The van der Waals surface area contributed by atoms with Crippen molar-refractivity contribution >= 4 is 40.6 Å². The molecule has 2 rings (SSSR count). The van der Waals surface area contributed by atoms with Crippen LogP contribution < -0.4 is 16.0 Å². The SMILES string of the molecule is CCCCOC(=O)CCN(C)C(=O)[C@H](Cc1ccccc1)NC(=O)[C@@H](CCS(C)=O)NC(=O)[C@H](Cc1ccc(O)cc1)NC(=O)OC(C)(C)C. The van der Waals surface area contributed by atoms with E-state index >= 15 is 0 Å². The van der Waals surface area contributed by atoms with Gasteiger partial charge in [0.2, 0.25) is 17.7 Å². The van der Waals surface area contributed by atoms with Crippen molar-refractivity contribution in [2.45, 2.75) is 89.9 Å². The molecule has 4 N–H and O–H groups in total. The molecule has 0 bridgehead atoms. The Hall–Kier alpha value is -4.46. The summed E-state index contributed by atoms with van der Waals surface area (Å²) < 4.78 is 22.6. The van der Waals surface area contributed by atoms with Gasteiger partial charge < -0.3 is 35.4 Å². The Morgan fingerprint density at radius 2 is 1.44 bits per heavy atom. The Labute approximate surface area is 297 Å². The first kappa shape index (κ1) is 41.7. The number of amides is 4. The van der Waals surface area contributed by atoms with E-state index in [0.29, 0.717) is 12.2 Å². The van der Waals surface area contributed by atoms with Gasteiger partial charge in [0.15, 0.2) is 0 Å². The van der Waals surface area contributed by atoms with Gasteiger partial charge in [0.05, 0.1) is 13.0 Å². The molecule has 13 nitrogen and oxygen atoms in total. The first-order chi connectivity index (χ1) is 23.6. The van der Waals surface area contributed by atoms with E-state index in [9.17, 15) is 33.3 Å². The molecule has 0 aromatic heterocycles. The van der Waals surface area contributed by atoms with Crippen LogP contribution in [-0.4, -0.2) is 99.9 Å². The number of carbonyl (C=O) groups is 5. The number of nitrogens with one attached hydrogen (secondary N) is 3. The van der Waals surface area contributed by atoms with Gasteiger partial charge in [-0.05, 0) is 56.9 Å². The topological polar surface area (TPSA) is 180 Å². The summed E-state index contributed by atoms with van der Waals surface area (Å²) >= 11 is 0. The van der Waals surface area contributed by atoms with Crippen LogP contribution in [-0.2, 0) is 52.3 Å². The molecule has 4 atom stereocenters. The number of nitrogens with zero attached hydrogens (tertiary/aromatic N) is 1. The van der Waals surface area contributed by atoms with Gasteiger partial charge in [-0.25, -0.2) is 4.79 Å². The molecular weight excluding hydrogens is 664 g/mol. The molecular formula is C36H52N4O9S. The number of carbonyl (C=O) groups excluding carboxylic acids is 5. The van der Waals surface area contributed by atoms with Gasteiger partial charge in [-0.1, -0.05) is 55.8 Å². The van der Waals surface area contributed by atoms with Gasteiger partial charge >= 0.3 is 12.1 Å². The highest BCUT2D eigenvalue weighted by molar-refractivity contribution is 7.84. The lowest BCUT2D eigenvalue weighted by atomic mass is 10.0. The second kappa shape index (κ2) is 20.9. The van der Waals surface area contributed by atoms with Crippen LogP contribution in [0.5, 0.6) is 5.75 Å². The molecule has 0 radical (unpaired) electrons. The van der Waals surface area contributed by atoms with Crippen LogP contribution in [0.15, 0.2) is 54.6 Å². The minimum Gasteiger partial charge on any atom is -0.508 e. The minimum atomic E-state index is -1.32. The van der Waals surface area contributed by atoms with E-state index in [1.54, 1.807) is 45.0 Å². The van der Waals surface area contributed by atoms with Gasteiger partial charge in [-0.15, -0.1) is 0 Å². The number of likely N-dealkylation sites (N-methyl/N-ethyl adjacent to an activating group) is 1. The molecule has 276 valence electrons. The second-order valence-electron chi connectivity index (χ2n) is 13.0. The quantitative estimate of drug-likeness (QED) is 0.126. The van der Waals surface area contributed by atoms with Crippen molar-refractivity contribution in [1.29, 1.82) is 0 Å². The molecule has 2 aromatic carbocycles. The molecule has 0 spiro atoms. The number of unbranched alkanes of at least 4 members (excludes halogenated alkanes) is 1. The number of phenolic OH excluding ortho intramolecular Hbond substituents is 1. The monoisotopic (exact) mass is 716 g/mol. The molecule has 14 heteroatoms. The van der Waals surface area contributed by atoms with Crippen molar-refractivity contribution in [2.24, 2.45) is 0 Å². The number of hydrogen-bond acceptors (Lipinski definition) is 9. The summed E-state index contributed by atoms with van der Waals surface area (Å²) in [7, 11) is 0.212. The van der Waals surface area contributed by atoms with Crippen LogP contribution in [0.4, 0.5) is 4.79 Å². The molecule has 50 heavy (non-hydrogen) atoms. The van der Waals surface area contributed by atoms with E-state index in [1.165, 1.54) is 30.3 Å². The van der Waals surface area contributed by atoms with Crippen LogP contribution >= 0.6 is 0 Å². The molecule has 0 saturated carbocycles. The highest BCUT2D eigenvalue weighted by atomic mass is 32.2. The fourth-order valence-corrected chi connectivity index (χ4v) is 5.28. The van der Waals surface area contributed by atoms with Crippen molar-refractivity contribution in [3.05, 3.63) is 65.7 Å². The number of esters is 1. The summed E-state index contributed by atoms with van der Waals surface area (Å²) in [5, 5.41) is 17.7. The first-order valence-corrected chi connectivity index (χ1v) is 18.4. The molecule has 0 saturated heterocycles. The molecule has 0 aliphatic carbocycles. The number of rotatable bonds is 19. The number of phenols is 1. The molecule has 1 unspecified atom stereocenters. The van der Waals surface area contributed by atoms with Gasteiger partial charge in [0, 0.05) is 49.2 Å². The fraction of sp³-hybridized carbons (Fsp3) is 0.528. The maximum atomic E-state index is 13.9. The van der Waals surface area contributed by atoms with Crippen LogP contribution in [0.3, 0.4) is 0 Å². The van der Waals surface area contributed by atoms with Crippen molar-refractivity contribution in [3.8, 4) is 5.75 Å². The number of hydrogen-bond donors (Lipinski definition) is 4. The van der Waals surface area contributed by atoms with Crippen LogP contribution in [0.1, 0.15) is 64.5 Å².